The van der Waals surface area contributed by atoms with Gasteiger partial charge in [-0.05, 0) is 22.0 Å². The maximum atomic E-state index is 11.7. The first kappa shape index (κ1) is 11.4. The lowest BCUT2D eigenvalue weighted by Crippen LogP contribution is -2.25. The highest BCUT2D eigenvalue weighted by Gasteiger charge is 2.30. The van der Waals surface area contributed by atoms with Crippen molar-refractivity contribution in [3.05, 3.63) is 21.9 Å². The second-order valence-corrected chi connectivity index (χ2v) is 4.72. The van der Waals surface area contributed by atoms with Crippen LogP contribution in [0.4, 0.5) is 5.69 Å². The molecule has 2 rings (SSSR count). The summed E-state index contributed by atoms with van der Waals surface area (Å²) in [5, 5.41) is 0.496. The Hall–Kier alpha value is -1.05. The molecule has 5 heteroatoms. The molecular weight excluding hydrogens is 291 g/mol. The molecule has 0 radical (unpaired) electrons. The molecule has 16 heavy (non-hydrogen) atoms. The van der Waals surface area contributed by atoms with Crippen LogP contribution < -0.4 is 4.90 Å². The van der Waals surface area contributed by atoms with Crippen LogP contribution in [0.1, 0.15) is 6.42 Å². The number of hydrogen-bond acceptors (Lipinski definition) is 2. The lowest BCUT2D eigenvalue weighted by atomic mass is 10.1. The molecule has 1 fully saturated rings. The normalized spacial score (nSPS) is 19.9. The van der Waals surface area contributed by atoms with E-state index < -0.39 is 0 Å². The SMILES string of the molecule is C#CC1CC(=O)N(c2cc(Cl)cnc2Br)C1. The molecule has 2 heterocycles. The molecule has 0 saturated carbocycles. The Labute approximate surface area is 107 Å². The highest BCUT2D eigenvalue weighted by atomic mass is 79.9. The smallest absolute Gasteiger partial charge is 0.228 e. The predicted octanol–water partition coefficient (Wildman–Crippen LogP) is 2.48. The first-order chi connectivity index (χ1) is 7.61. The van der Waals surface area contributed by atoms with Gasteiger partial charge < -0.3 is 4.90 Å². The maximum Gasteiger partial charge on any atom is 0.228 e. The van der Waals surface area contributed by atoms with Gasteiger partial charge in [0.05, 0.1) is 10.7 Å². The number of nitrogens with zero attached hydrogens (tertiary/aromatic N) is 2. The van der Waals surface area contributed by atoms with E-state index in [9.17, 15) is 4.79 Å². The fourth-order valence-electron chi connectivity index (χ4n) is 1.65. The number of halogens is 2. The fraction of sp³-hybridized carbons (Fsp3) is 0.273. The summed E-state index contributed by atoms with van der Waals surface area (Å²) < 4.78 is 0.600. The topological polar surface area (TPSA) is 33.2 Å². The number of carbonyl (C=O) groups is 1. The molecule has 3 nitrogen and oxygen atoms in total. The summed E-state index contributed by atoms with van der Waals surface area (Å²) in [6.45, 7) is 0.524. The quantitative estimate of drug-likeness (QED) is 0.589. The number of rotatable bonds is 1. The van der Waals surface area contributed by atoms with Crippen LogP contribution in [-0.4, -0.2) is 17.4 Å². The summed E-state index contributed by atoms with van der Waals surface area (Å²) in [7, 11) is 0. The van der Waals surface area contributed by atoms with E-state index >= 15 is 0 Å². The molecule has 1 aliphatic heterocycles. The lowest BCUT2D eigenvalue weighted by molar-refractivity contribution is -0.117. The molecule has 1 aliphatic rings. The molecule has 1 aromatic rings. The van der Waals surface area contributed by atoms with Gasteiger partial charge in [0.25, 0.3) is 0 Å². The monoisotopic (exact) mass is 298 g/mol. The summed E-state index contributed by atoms with van der Waals surface area (Å²) in [5.41, 5.74) is 0.676. The molecular formula is C11H8BrClN2O. The molecule has 1 unspecified atom stereocenters. The Bertz CT molecular complexity index is 483. The third-order valence-electron chi connectivity index (χ3n) is 2.44. The van der Waals surface area contributed by atoms with Crippen molar-refractivity contribution in [1.82, 2.24) is 4.98 Å². The number of anilines is 1. The zero-order valence-electron chi connectivity index (χ0n) is 8.28. The highest BCUT2D eigenvalue weighted by Crippen LogP contribution is 2.31. The van der Waals surface area contributed by atoms with Gasteiger partial charge in [0.15, 0.2) is 0 Å². The number of amides is 1. The Morgan fingerprint density at radius 1 is 1.69 bits per heavy atom. The molecule has 1 saturated heterocycles. The number of aromatic nitrogens is 1. The summed E-state index contributed by atoms with van der Waals surface area (Å²) >= 11 is 9.15. The second-order valence-electron chi connectivity index (χ2n) is 3.54. The van der Waals surface area contributed by atoms with Crippen molar-refractivity contribution in [3.63, 3.8) is 0 Å². The number of pyridine rings is 1. The van der Waals surface area contributed by atoms with Crippen molar-refractivity contribution in [2.75, 3.05) is 11.4 Å². The van der Waals surface area contributed by atoms with Crippen molar-refractivity contribution in [2.45, 2.75) is 6.42 Å². The van der Waals surface area contributed by atoms with E-state index in [1.165, 1.54) is 6.20 Å². The molecule has 1 amide bonds. The first-order valence-electron chi connectivity index (χ1n) is 4.69. The van der Waals surface area contributed by atoms with E-state index in [0.29, 0.717) is 28.3 Å². The van der Waals surface area contributed by atoms with Crippen molar-refractivity contribution in [3.8, 4) is 12.3 Å². The molecule has 0 aromatic carbocycles. The van der Waals surface area contributed by atoms with Crippen LogP contribution in [0.5, 0.6) is 0 Å². The van der Waals surface area contributed by atoms with E-state index in [0.717, 1.165) is 0 Å². The van der Waals surface area contributed by atoms with Gasteiger partial charge in [-0.1, -0.05) is 11.6 Å². The van der Waals surface area contributed by atoms with Crippen molar-refractivity contribution < 1.29 is 4.79 Å². The first-order valence-corrected chi connectivity index (χ1v) is 5.86. The van der Waals surface area contributed by atoms with Crippen LogP contribution in [0.25, 0.3) is 0 Å². The third-order valence-corrected chi connectivity index (χ3v) is 3.26. The lowest BCUT2D eigenvalue weighted by Gasteiger charge is -2.17. The van der Waals surface area contributed by atoms with Crippen LogP contribution in [0.2, 0.25) is 5.02 Å². The Kier molecular flexibility index (Phi) is 3.17. The van der Waals surface area contributed by atoms with Crippen molar-refractivity contribution >= 4 is 39.1 Å². The van der Waals surface area contributed by atoms with Gasteiger partial charge in [-0.15, -0.1) is 12.3 Å². The standard InChI is InChI=1S/C11H8BrClN2O/c1-2-7-3-10(16)15(6-7)9-4-8(13)5-14-11(9)12/h1,4-5,7H,3,6H2. The maximum absolute atomic E-state index is 11.7. The zero-order valence-corrected chi connectivity index (χ0v) is 10.6. The van der Waals surface area contributed by atoms with Crippen LogP contribution >= 0.6 is 27.5 Å². The molecule has 0 spiro atoms. The minimum Gasteiger partial charge on any atom is -0.308 e. The van der Waals surface area contributed by atoms with Gasteiger partial charge in [-0.2, -0.15) is 0 Å². The largest absolute Gasteiger partial charge is 0.308 e. The number of hydrogen-bond donors (Lipinski definition) is 0. The van der Waals surface area contributed by atoms with E-state index in [-0.39, 0.29) is 11.8 Å². The Morgan fingerprint density at radius 2 is 2.44 bits per heavy atom. The molecule has 1 atom stereocenters. The summed E-state index contributed by atoms with van der Waals surface area (Å²) in [6, 6.07) is 1.70. The molecule has 82 valence electrons. The highest BCUT2D eigenvalue weighted by molar-refractivity contribution is 9.10. The van der Waals surface area contributed by atoms with Crippen molar-refractivity contribution in [1.29, 1.82) is 0 Å². The Balaban J connectivity index is 2.35. The molecule has 1 aromatic heterocycles. The van der Waals surface area contributed by atoms with E-state index in [2.05, 4.69) is 26.8 Å². The van der Waals surface area contributed by atoms with Crippen LogP contribution in [0, 0.1) is 18.3 Å². The van der Waals surface area contributed by atoms with E-state index in [1.807, 2.05) is 0 Å². The summed E-state index contributed by atoms with van der Waals surface area (Å²) in [4.78, 5) is 17.4. The summed E-state index contributed by atoms with van der Waals surface area (Å²) in [5.74, 6) is 2.57. The van der Waals surface area contributed by atoms with Crippen LogP contribution in [-0.2, 0) is 4.79 Å². The van der Waals surface area contributed by atoms with Gasteiger partial charge in [-0.3, -0.25) is 4.79 Å². The van der Waals surface area contributed by atoms with Gasteiger partial charge in [0, 0.05) is 25.1 Å². The second kappa shape index (κ2) is 4.44. The minimum atomic E-state index is -0.0293. The van der Waals surface area contributed by atoms with Gasteiger partial charge in [0.1, 0.15) is 4.60 Å². The number of terminal acetylenes is 1. The van der Waals surface area contributed by atoms with Crippen LogP contribution in [0.3, 0.4) is 0 Å². The third kappa shape index (κ3) is 2.06. The van der Waals surface area contributed by atoms with Crippen LogP contribution in [0.15, 0.2) is 16.9 Å². The fourth-order valence-corrected chi connectivity index (χ4v) is 2.24. The van der Waals surface area contributed by atoms with E-state index in [1.54, 1.807) is 11.0 Å². The zero-order chi connectivity index (χ0) is 11.7. The van der Waals surface area contributed by atoms with Gasteiger partial charge in [-0.25, -0.2) is 4.98 Å². The van der Waals surface area contributed by atoms with E-state index in [4.69, 9.17) is 18.0 Å². The minimum absolute atomic E-state index is 0.00715. The van der Waals surface area contributed by atoms with Gasteiger partial charge >= 0.3 is 0 Å². The average molecular weight is 300 g/mol. The average Bonchev–Trinajstić information content (AvgIpc) is 2.63. The van der Waals surface area contributed by atoms with Crippen molar-refractivity contribution in [2.24, 2.45) is 5.92 Å². The predicted molar refractivity (Wildman–Crippen MR) is 66.2 cm³/mol. The Morgan fingerprint density at radius 3 is 3.06 bits per heavy atom. The molecule has 0 bridgehead atoms. The summed E-state index contributed by atoms with van der Waals surface area (Å²) in [6.07, 6.45) is 7.23. The van der Waals surface area contributed by atoms with Gasteiger partial charge in [0.2, 0.25) is 5.91 Å². The number of carbonyl (C=O) groups excluding carboxylic acids is 1. The molecule has 0 N–H and O–H groups in total. The molecule has 0 aliphatic carbocycles.